The van der Waals surface area contributed by atoms with Crippen molar-refractivity contribution >= 4 is 22.8 Å². The van der Waals surface area contributed by atoms with Gasteiger partial charge in [0.15, 0.2) is 0 Å². The molecule has 0 aliphatic heterocycles. The van der Waals surface area contributed by atoms with Crippen molar-refractivity contribution in [2.75, 3.05) is 0 Å². The molecule has 2 unspecified atom stereocenters. The monoisotopic (exact) mass is 342 g/mol. The third-order valence-electron chi connectivity index (χ3n) is 4.00. The molecule has 24 heavy (non-hydrogen) atoms. The van der Waals surface area contributed by atoms with E-state index in [-0.39, 0.29) is 6.42 Å². The third-order valence-corrected chi connectivity index (χ3v) is 4.00. The molecule has 2 aromatic rings. The quantitative estimate of drug-likeness (QED) is 0.544. The smallest absolute Gasteiger partial charge is 0.417 e. The lowest BCUT2D eigenvalue weighted by Gasteiger charge is -2.26. The molecule has 0 radical (unpaired) electrons. The second kappa shape index (κ2) is 5.52. The Balaban J connectivity index is 2.08. The number of carboxylic acid groups (broad SMARTS) is 1. The number of fused-ring (bicyclic) bond motifs is 3. The van der Waals surface area contributed by atoms with Crippen molar-refractivity contribution in [1.82, 2.24) is 4.98 Å². The molecule has 1 aromatic carbocycles. The zero-order chi connectivity index (χ0) is 17.6. The number of carbonyl (C=O) groups is 2. The van der Waals surface area contributed by atoms with E-state index in [0.717, 1.165) is 12.1 Å². The van der Waals surface area contributed by atoms with Gasteiger partial charge in [0.1, 0.15) is 6.10 Å². The lowest BCUT2D eigenvalue weighted by molar-refractivity contribution is -0.168. The van der Waals surface area contributed by atoms with Crippen molar-refractivity contribution < 1.29 is 32.6 Å². The summed E-state index contributed by atoms with van der Waals surface area (Å²) in [5, 5.41) is 8.99. The molecule has 0 fully saturated rings. The predicted molar refractivity (Wildman–Crippen MR) is 76.1 cm³/mol. The average molecular weight is 342 g/mol. The maximum Gasteiger partial charge on any atom is 0.417 e. The highest BCUT2D eigenvalue weighted by atomic mass is 19.4. The van der Waals surface area contributed by atoms with Crippen molar-refractivity contribution in [3.05, 3.63) is 35.0 Å². The fourth-order valence-corrected chi connectivity index (χ4v) is 2.96. The minimum atomic E-state index is -4.48. The molecule has 1 aliphatic carbocycles. The van der Waals surface area contributed by atoms with E-state index in [9.17, 15) is 22.8 Å². The van der Waals surface area contributed by atoms with Crippen LogP contribution in [0, 0.1) is 0 Å². The van der Waals surface area contributed by atoms with Gasteiger partial charge in [-0.1, -0.05) is 0 Å². The summed E-state index contributed by atoms with van der Waals surface area (Å²) in [4.78, 5) is 24.9. The first kappa shape index (κ1) is 16.3. The molecule has 3 rings (SSSR count). The molecule has 1 aromatic heterocycles. The largest absolute Gasteiger partial charge is 0.473 e. The molecular formula is C15H13F3N2O4. The van der Waals surface area contributed by atoms with E-state index in [1.807, 2.05) is 0 Å². The number of nitrogens with one attached hydrogen (secondary N) is 1. The highest BCUT2D eigenvalue weighted by molar-refractivity contribution is 6.28. The molecule has 0 saturated heterocycles. The molecular weight excluding hydrogens is 329 g/mol. The van der Waals surface area contributed by atoms with E-state index >= 15 is 0 Å². The fraction of sp³-hybridized carbons (Fsp3) is 0.333. The minimum Gasteiger partial charge on any atom is -0.473 e. The number of carbonyl (C=O) groups excluding carboxylic acids is 1. The van der Waals surface area contributed by atoms with Gasteiger partial charge in [0.2, 0.25) is 0 Å². The van der Waals surface area contributed by atoms with Crippen molar-refractivity contribution in [3.8, 4) is 0 Å². The van der Waals surface area contributed by atoms with Crippen LogP contribution in [0.25, 0.3) is 10.9 Å². The maximum atomic E-state index is 12.9. The standard InChI is InChI=1S/C15H13F3N2O4/c16-15(17,18)6-1-2-10-8(3-6)9-4-7(19)5-11(12(9)20-10)24-14(23)13(21)22/h1-3,7,11,20H,4-5,19H2,(H,21,22). The van der Waals surface area contributed by atoms with E-state index in [1.165, 1.54) is 6.07 Å². The molecule has 0 spiro atoms. The van der Waals surface area contributed by atoms with Gasteiger partial charge >= 0.3 is 18.1 Å². The van der Waals surface area contributed by atoms with Crippen LogP contribution in [0.3, 0.4) is 0 Å². The van der Waals surface area contributed by atoms with Crippen LogP contribution >= 0.6 is 0 Å². The molecule has 9 heteroatoms. The Morgan fingerprint density at radius 1 is 1.33 bits per heavy atom. The number of nitrogens with two attached hydrogens (primary N) is 1. The maximum absolute atomic E-state index is 12.9. The number of halogens is 3. The van der Waals surface area contributed by atoms with Crippen LogP contribution in [0.1, 0.15) is 29.3 Å². The van der Waals surface area contributed by atoms with Gasteiger partial charge in [0.05, 0.1) is 11.3 Å². The summed E-state index contributed by atoms with van der Waals surface area (Å²) in [7, 11) is 0. The summed E-state index contributed by atoms with van der Waals surface area (Å²) >= 11 is 0. The Morgan fingerprint density at radius 3 is 2.67 bits per heavy atom. The van der Waals surface area contributed by atoms with Gasteiger partial charge in [-0.15, -0.1) is 0 Å². The molecule has 128 valence electrons. The van der Waals surface area contributed by atoms with Crippen LogP contribution < -0.4 is 5.73 Å². The van der Waals surface area contributed by atoms with Crippen LogP contribution in [0.15, 0.2) is 18.2 Å². The Hall–Kier alpha value is -2.55. The summed E-state index contributed by atoms with van der Waals surface area (Å²) < 4.78 is 43.6. The molecule has 4 N–H and O–H groups in total. The minimum absolute atomic E-state index is 0.185. The summed E-state index contributed by atoms with van der Waals surface area (Å²) in [5.41, 5.74) is 6.44. The van der Waals surface area contributed by atoms with E-state index in [2.05, 4.69) is 4.98 Å². The number of aromatic amines is 1. The summed E-state index contributed by atoms with van der Waals surface area (Å²) in [6.45, 7) is 0. The molecule has 6 nitrogen and oxygen atoms in total. The summed E-state index contributed by atoms with van der Waals surface area (Å²) in [6.07, 6.45) is -4.93. The molecule has 2 atom stereocenters. The topological polar surface area (TPSA) is 105 Å². The molecule has 0 saturated carbocycles. The number of hydrogen-bond donors (Lipinski definition) is 3. The number of hydrogen-bond acceptors (Lipinski definition) is 4. The first-order valence-corrected chi connectivity index (χ1v) is 7.08. The molecule has 1 heterocycles. The third kappa shape index (κ3) is 2.82. The van der Waals surface area contributed by atoms with Crippen LogP contribution in [-0.2, 0) is 26.9 Å². The van der Waals surface area contributed by atoms with E-state index in [1.54, 1.807) is 0 Å². The SMILES string of the molecule is NC1Cc2c([nH]c3ccc(C(F)(F)F)cc23)C(OC(=O)C(=O)O)C1. The fourth-order valence-electron chi connectivity index (χ4n) is 2.96. The van der Waals surface area contributed by atoms with Gasteiger partial charge in [-0.05, 0) is 30.2 Å². The van der Waals surface area contributed by atoms with Gasteiger partial charge in [-0.3, -0.25) is 0 Å². The van der Waals surface area contributed by atoms with Crippen molar-refractivity contribution in [2.24, 2.45) is 5.73 Å². The van der Waals surface area contributed by atoms with Gasteiger partial charge < -0.3 is 20.6 Å². The summed E-state index contributed by atoms with van der Waals surface area (Å²) in [6, 6.07) is 2.79. The van der Waals surface area contributed by atoms with Crippen molar-refractivity contribution in [1.29, 1.82) is 0 Å². The Bertz CT molecular complexity index is 828. The van der Waals surface area contributed by atoms with Crippen molar-refractivity contribution in [3.63, 3.8) is 0 Å². The molecule has 0 bridgehead atoms. The normalized spacial score (nSPS) is 20.7. The number of carboxylic acids is 1. The Kier molecular flexibility index (Phi) is 3.75. The lowest BCUT2D eigenvalue weighted by Crippen LogP contribution is -2.33. The highest BCUT2D eigenvalue weighted by Crippen LogP contribution is 2.39. The van der Waals surface area contributed by atoms with E-state index in [0.29, 0.717) is 28.6 Å². The van der Waals surface area contributed by atoms with Gasteiger partial charge in [0, 0.05) is 23.4 Å². The summed E-state index contributed by atoms with van der Waals surface area (Å²) in [5.74, 6) is -3.18. The number of ether oxygens (including phenoxy) is 1. The number of aliphatic carboxylic acids is 1. The molecule has 0 amide bonds. The number of benzene rings is 1. The van der Waals surface area contributed by atoms with Crippen LogP contribution in [0.5, 0.6) is 0 Å². The van der Waals surface area contributed by atoms with E-state index < -0.39 is 35.8 Å². The first-order chi connectivity index (χ1) is 11.2. The zero-order valence-electron chi connectivity index (χ0n) is 12.2. The first-order valence-electron chi connectivity index (χ1n) is 7.08. The average Bonchev–Trinajstić information content (AvgIpc) is 2.84. The zero-order valence-corrected chi connectivity index (χ0v) is 12.2. The second-order valence-electron chi connectivity index (χ2n) is 5.67. The van der Waals surface area contributed by atoms with E-state index in [4.69, 9.17) is 15.6 Å². The highest BCUT2D eigenvalue weighted by Gasteiger charge is 2.35. The lowest BCUT2D eigenvalue weighted by atomic mass is 9.89. The van der Waals surface area contributed by atoms with Crippen LogP contribution in [0.4, 0.5) is 13.2 Å². The van der Waals surface area contributed by atoms with Gasteiger partial charge in [-0.2, -0.15) is 13.2 Å². The number of aromatic nitrogens is 1. The van der Waals surface area contributed by atoms with Crippen molar-refractivity contribution in [2.45, 2.75) is 31.2 Å². The number of rotatable bonds is 1. The second-order valence-corrected chi connectivity index (χ2v) is 5.67. The van der Waals surface area contributed by atoms with Crippen LogP contribution in [0.2, 0.25) is 0 Å². The number of esters is 1. The number of H-pyrrole nitrogens is 1. The molecule has 1 aliphatic rings. The Labute approximate surface area is 133 Å². The van der Waals surface area contributed by atoms with Gasteiger partial charge in [0.25, 0.3) is 0 Å². The number of alkyl halides is 3. The predicted octanol–water partition coefficient (Wildman–Crippen LogP) is 2.13. The van der Waals surface area contributed by atoms with Gasteiger partial charge in [-0.25, -0.2) is 9.59 Å². The van der Waals surface area contributed by atoms with Crippen LogP contribution in [-0.4, -0.2) is 28.1 Å². The Morgan fingerprint density at radius 2 is 2.04 bits per heavy atom.